The molecule has 0 amide bonds. The lowest BCUT2D eigenvalue weighted by atomic mass is 10.5. The van der Waals surface area contributed by atoms with E-state index in [0.29, 0.717) is 0 Å². The first-order chi connectivity index (χ1) is 4.35. The van der Waals surface area contributed by atoms with E-state index < -0.39 is 6.17 Å². The molecule has 0 aliphatic rings. The molecule has 1 unspecified atom stereocenters. The molecule has 0 rings (SSSR count). The summed E-state index contributed by atoms with van der Waals surface area (Å²) in [6.07, 6.45) is -0.780. The number of nitrogens with one attached hydrogen (secondary N) is 1. The van der Waals surface area contributed by atoms with Crippen LogP contribution in [-0.2, 0) is 0 Å². The van der Waals surface area contributed by atoms with Gasteiger partial charge in [-0.2, -0.15) is 0 Å². The van der Waals surface area contributed by atoms with Crippen LogP contribution in [0.25, 0.3) is 0 Å². The van der Waals surface area contributed by atoms with Crippen LogP contribution in [0.2, 0.25) is 0 Å². The second-order valence-electron chi connectivity index (χ2n) is 1.48. The molecule has 0 heterocycles. The maximum atomic E-state index is 9.69. The molecule has 54 valence electrons. The highest BCUT2D eigenvalue weighted by Crippen LogP contribution is 1.79. The summed E-state index contributed by atoms with van der Waals surface area (Å²) < 4.78 is 0. The van der Waals surface area contributed by atoms with Gasteiger partial charge in [-0.05, 0) is 5.18 Å². The number of nitroso groups, excluding NO2 is 1. The lowest BCUT2D eigenvalue weighted by Gasteiger charge is -2.04. The fourth-order valence-corrected chi connectivity index (χ4v) is 0.366. The van der Waals surface area contributed by atoms with Gasteiger partial charge in [0, 0.05) is 6.54 Å². The van der Waals surface area contributed by atoms with E-state index in [-0.39, 0.29) is 19.8 Å². The third kappa shape index (κ3) is 4.01. The monoisotopic (exact) mass is 134 g/mol. The SMILES string of the molecule is O=NC(CO)NCCO. The Hall–Kier alpha value is -0.520. The highest BCUT2D eigenvalue weighted by Gasteiger charge is 2.02. The number of nitrogens with zero attached hydrogens (tertiary/aromatic N) is 1. The van der Waals surface area contributed by atoms with Gasteiger partial charge in [-0.1, -0.05) is 0 Å². The van der Waals surface area contributed by atoms with Crippen LogP contribution in [0.15, 0.2) is 5.18 Å². The Bertz CT molecular complexity index is 78.2. The smallest absolute Gasteiger partial charge is 0.165 e. The first-order valence-corrected chi connectivity index (χ1v) is 2.62. The van der Waals surface area contributed by atoms with Crippen molar-refractivity contribution in [2.45, 2.75) is 6.17 Å². The topological polar surface area (TPSA) is 81.9 Å². The zero-order valence-electron chi connectivity index (χ0n) is 4.95. The fourth-order valence-electron chi connectivity index (χ4n) is 0.366. The molecule has 0 aliphatic carbocycles. The van der Waals surface area contributed by atoms with Crippen molar-refractivity contribution in [3.63, 3.8) is 0 Å². The molecule has 5 nitrogen and oxygen atoms in total. The quantitative estimate of drug-likeness (QED) is 0.406. The zero-order chi connectivity index (χ0) is 7.11. The van der Waals surface area contributed by atoms with Gasteiger partial charge in [-0.3, -0.25) is 5.32 Å². The Kier molecular flexibility index (Phi) is 5.29. The molecular formula is C4H10N2O3. The predicted molar refractivity (Wildman–Crippen MR) is 31.8 cm³/mol. The minimum atomic E-state index is -0.780. The van der Waals surface area contributed by atoms with Gasteiger partial charge in [-0.25, -0.2) is 0 Å². The molecule has 0 fully saturated rings. The molecule has 3 N–H and O–H groups in total. The third-order valence-electron chi connectivity index (χ3n) is 0.792. The Labute approximate surface area is 52.7 Å². The molecule has 1 atom stereocenters. The van der Waals surface area contributed by atoms with Crippen molar-refractivity contribution < 1.29 is 10.2 Å². The minimum absolute atomic E-state index is 0.0635. The number of hydrogen-bond donors (Lipinski definition) is 3. The number of aliphatic hydroxyl groups excluding tert-OH is 2. The molecule has 0 spiro atoms. The summed E-state index contributed by atoms with van der Waals surface area (Å²) >= 11 is 0. The van der Waals surface area contributed by atoms with Crippen LogP contribution in [0.5, 0.6) is 0 Å². The maximum Gasteiger partial charge on any atom is 0.165 e. The molecule has 5 heteroatoms. The number of rotatable bonds is 5. The van der Waals surface area contributed by atoms with E-state index in [2.05, 4.69) is 10.5 Å². The van der Waals surface area contributed by atoms with Gasteiger partial charge in [0.15, 0.2) is 6.17 Å². The molecule has 0 saturated heterocycles. The predicted octanol–water partition coefficient (Wildman–Crippen LogP) is -1.35. The van der Waals surface area contributed by atoms with Crippen molar-refractivity contribution >= 4 is 0 Å². The summed E-state index contributed by atoms with van der Waals surface area (Å²) in [5, 5.41) is 21.5. The van der Waals surface area contributed by atoms with E-state index in [9.17, 15) is 4.91 Å². The summed E-state index contributed by atoms with van der Waals surface area (Å²) in [4.78, 5) is 9.69. The Morgan fingerprint density at radius 3 is 2.56 bits per heavy atom. The standard InChI is InChI=1S/C4H10N2O3/c7-2-1-5-4(3-8)6-9/h4-5,7-8H,1-3H2. The highest BCUT2D eigenvalue weighted by molar-refractivity contribution is 4.59. The van der Waals surface area contributed by atoms with Gasteiger partial charge >= 0.3 is 0 Å². The molecule has 0 aromatic heterocycles. The Balaban J connectivity index is 3.20. The summed E-state index contributed by atoms with van der Waals surface area (Å²) in [7, 11) is 0. The van der Waals surface area contributed by atoms with E-state index in [1.807, 2.05) is 0 Å². The van der Waals surface area contributed by atoms with Crippen LogP contribution >= 0.6 is 0 Å². The van der Waals surface area contributed by atoms with E-state index >= 15 is 0 Å². The van der Waals surface area contributed by atoms with Crippen molar-refractivity contribution in [2.75, 3.05) is 19.8 Å². The third-order valence-corrected chi connectivity index (χ3v) is 0.792. The second kappa shape index (κ2) is 5.61. The van der Waals surface area contributed by atoms with E-state index in [1.54, 1.807) is 0 Å². The van der Waals surface area contributed by atoms with Crippen LogP contribution < -0.4 is 5.32 Å². The maximum absolute atomic E-state index is 9.69. The van der Waals surface area contributed by atoms with Crippen LogP contribution in [0.1, 0.15) is 0 Å². The lowest BCUT2D eigenvalue weighted by molar-refractivity contribution is 0.229. The van der Waals surface area contributed by atoms with Gasteiger partial charge in [0.25, 0.3) is 0 Å². The first-order valence-electron chi connectivity index (χ1n) is 2.62. The zero-order valence-corrected chi connectivity index (χ0v) is 4.95. The molecule has 9 heavy (non-hydrogen) atoms. The average molecular weight is 134 g/mol. The molecule has 0 aromatic rings. The summed E-state index contributed by atoms with van der Waals surface area (Å²) in [5.74, 6) is 0. The first kappa shape index (κ1) is 8.48. The normalized spacial score (nSPS) is 13.1. The Morgan fingerprint density at radius 1 is 1.56 bits per heavy atom. The largest absolute Gasteiger partial charge is 0.395 e. The number of aliphatic hydroxyl groups is 2. The molecular weight excluding hydrogens is 124 g/mol. The van der Waals surface area contributed by atoms with Gasteiger partial charge in [0.1, 0.15) is 0 Å². The van der Waals surface area contributed by atoms with Crippen molar-refractivity contribution in [2.24, 2.45) is 5.18 Å². The van der Waals surface area contributed by atoms with Crippen LogP contribution in [0.3, 0.4) is 0 Å². The second-order valence-corrected chi connectivity index (χ2v) is 1.48. The van der Waals surface area contributed by atoms with Gasteiger partial charge in [0.2, 0.25) is 0 Å². The van der Waals surface area contributed by atoms with E-state index in [0.717, 1.165) is 0 Å². The van der Waals surface area contributed by atoms with Crippen molar-refractivity contribution in [3.05, 3.63) is 4.91 Å². The molecule has 0 saturated carbocycles. The van der Waals surface area contributed by atoms with Gasteiger partial charge in [-0.15, -0.1) is 4.91 Å². The molecule has 0 aliphatic heterocycles. The van der Waals surface area contributed by atoms with Crippen LogP contribution in [0, 0.1) is 4.91 Å². The minimum Gasteiger partial charge on any atom is -0.395 e. The van der Waals surface area contributed by atoms with Crippen LogP contribution in [0.4, 0.5) is 0 Å². The van der Waals surface area contributed by atoms with Crippen molar-refractivity contribution in [1.29, 1.82) is 0 Å². The number of hydrogen-bond acceptors (Lipinski definition) is 5. The van der Waals surface area contributed by atoms with Crippen molar-refractivity contribution in [1.82, 2.24) is 5.32 Å². The summed E-state index contributed by atoms with van der Waals surface area (Å²) in [6.45, 7) is -0.119. The van der Waals surface area contributed by atoms with Crippen molar-refractivity contribution in [3.8, 4) is 0 Å². The average Bonchev–Trinajstić information content (AvgIpc) is 1.91. The molecule has 0 radical (unpaired) electrons. The lowest BCUT2D eigenvalue weighted by Crippen LogP contribution is -2.32. The Morgan fingerprint density at radius 2 is 2.22 bits per heavy atom. The van der Waals surface area contributed by atoms with Crippen LogP contribution in [-0.4, -0.2) is 36.1 Å². The highest BCUT2D eigenvalue weighted by atomic mass is 16.3. The summed E-state index contributed by atoms with van der Waals surface area (Å²) in [6, 6.07) is 0. The molecule has 0 bridgehead atoms. The van der Waals surface area contributed by atoms with Gasteiger partial charge < -0.3 is 10.2 Å². The van der Waals surface area contributed by atoms with E-state index in [1.165, 1.54) is 0 Å². The fraction of sp³-hybridized carbons (Fsp3) is 1.00. The summed E-state index contributed by atoms with van der Waals surface area (Å²) in [5.41, 5.74) is 0. The van der Waals surface area contributed by atoms with E-state index in [4.69, 9.17) is 10.2 Å². The van der Waals surface area contributed by atoms with Gasteiger partial charge in [0.05, 0.1) is 13.2 Å². The molecule has 0 aromatic carbocycles.